The number of benzene rings is 4. The van der Waals surface area contributed by atoms with Crippen molar-refractivity contribution in [1.29, 1.82) is 0 Å². The van der Waals surface area contributed by atoms with Gasteiger partial charge in [-0.25, -0.2) is 16.8 Å². The Hall–Kier alpha value is -3.90. The van der Waals surface area contributed by atoms with Crippen molar-refractivity contribution < 1.29 is 34.8 Å². The van der Waals surface area contributed by atoms with Gasteiger partial charge in [0.2, 0.25) is 0 Å². The van der Waals surface area contributed by atoms with Crippen molar-refractivity contribution in [3.05, 3.63) is 119 Å². The molecule has 66 heavy (non-hydrogen) atoms. The van der Waals surface area contributed by atoms with Gasteiger partial charge in [-0.1, -0.05) is 61.4 Å². The molecule has 17 heteroatoms. The third-order valence-electron chi connectivity index (χ3n) is 12.9. The fourth-order valence-electron chi connectivity index (χ4n) is 8.90. The van der Waals surface area contributed by atoms with E-state index in [0.29, 0.717) is 24.8 Å². The summed E-state index contributed by atoms with van der Waals surface area (Å²) in [5.41, 5.74) is -0.769. The topological polar surface area (TPSA) is 110 Å². The Labute approximate surface area is 397 Å². The maximum Gasteiger partial charge on any atom is 0.501 e. The van der Waals surface area contributed by atoms with Gasteiger partial charge in [-0.3, -0.25) is 9.69 Å². The molecule has 10 nitrogen and oxygen atoms in total. The largest absolute Gasteiger partial charge is 0.501 e. The fraction of sp³-hybridized carbons (Fsp3) is 0.449. The van der Waals surface area contributed by atoms with Gasteiger partial charge in [0.1, 0.15) is 10.6 Å². The molecule has 2 heterocycles. The minimum absolute atomic E-state index is 0.114. The van der Waals surface area contributed by atoms with Crippen molar-refractivity contribution in [3.63, 3.8) is 0 Å². The molecule has 1 atom stereocenters. The highest BCUT2D eigenvalue weighted by molar-refractivity contribution is 7.99. The lowest BCUT2D eigenvalue weighted by atomic mass is 9.73. The van der Waals surface area contributed by atoms with Crippen molar-refractivity contribution in [2.45, 2.75) is 65.8 Å². The van der Waals surface area contributed by atoms with Crippen molar-refractivity contribution in [1.82, 2.24) is 14.7 Å². The highest BCUT2D eigenvalue weighted by Crippen LogP contribution is 2.43. The number of piperazine rings is 2. The summed E-state index contributed by atoms with van der Waals surface area (Å²) in [6.45, 7) is 12.7. The number of alkyl halides is 3. The fourth-order valence-corrected chi connectivity index (χ4v) is 12.3. The van der Waals surface area contributed by atoms with Gasteiger partial charge in [-0.2, -0.15) is 13.2 Å². The molecule has 4 aromatic rings. The first-order valence-corrected chi connectivity index (χ1v) is 26.9. The van der Waals surface area contributed by atoms with Crippen LogP contribution in [0.4, 0.5) is 24.5 Å². The number of halogens is 4. The Morgan fingerprint density at radius 1 is 0.833 bits per heavy atom. The Bertz CT molecular complexity index is 2560. The van der Waals surface area contributed by atoms with Crippen LogP contribution >= 0.6 is 23.4 Å². The molecule has 2 aliphatic heterocycles. The minimum atomic E-state index is -6.02. The molecule has 0 radical (unpaired) electrons. The number of ketones is 1. The van der Waals surface area contributed by atoms with Crippen molar-refractivity contribution in [2.24, 2.45) is 5.41 Å². The van der Waals surface area contributed by atoms with Crippen molar-refractivity contribution in [2.75, 3.05) is 94.2 Å². The number of likely N-dealkylation sites (N-methyl/N-ethyl adjacent to an activating group) is 1. The summed E-state index contributed by atoms with van der Waals surface area (Å²) in [4.78, 5) is 21.7. The van der Waals surface area contributed by atoms with E-state index in [1.165, 1.54) is 28.5 Å². The van der Waals surface area contributed by atoms with Crippen LogP contribution in [0.3, 0.4) is 0 Å². The summed E-state index contributed by atoms with van der Waals surface area (Å²) in [5.74, 6) is -1.43. The Balaban J connectivity index is 1.02. The molecule has 2 saturated heterocycles. The van der Waals surface area contributed by atoms with Gasteiger partial charge >= 0.3 is 5.51 Å². The zero-order chi connectivity index (χ0) is 47.3. The predicted octanol–water partition coefficient (Wildman–Crippen LogP) is 9.29. The van der Waals surface area contributed by atoms with Crippen LogP contribution in [0.15, 0.2) is 117 Å². The summed E-state index contributed by atoms with van der Waals surface area (Å²) in [5, 5.41) is 3.76. The van der Waals surface area contributed by atoms with Gasteiger partial charge in [0.05, 0.1) is 10.6 Å². The second kappa shape index (κ2) is 21.2. The average molecular weight is 987 g/mol. The highest BCUT2D eigenvalue weighted by Gasteiger charge is 2.48. The Morgan fingerprint density at radius 3 is 2.14 bits per heavy atom. The van der Waals surface area contributed by atoms with Crippen LogP contribution in [0.5, 0.6) is 0 Å². The van der Waals surface area contributed by atoms with Gasteiger partial charge in [0.15, 0.2) is 15.6 Å². The second-order valence-electron chi connectivity index (χ2n) is 18.4. The van der Waals surface area contributed by atoms with E-state index < -0.39 is 52.6 Å². The first-order valence-electron chi connectivity index (χ1n) is 22.4. The van der Waals surface area contributed by atoms with Gasteiger partial charge in [-0.15, -0.1) is 11.8 Å². The first kappa shape index (κ1) is 50.0. The molecule has 1 aliphatic carbocycles. The Morgan fingerprint density at radius 2 is 1.48 bits per heavy atom. The molecule has 0 saturated carbocycles. The number of thioether (sulfide) groups is 1. The van der Waals surface area contributed by atoms with E-state index in [2.05, 4.69) is 50.9 Å². The summed E-state index contributed by atoms with van der Waals surface area (Å²) in [6, 6.07) is 26.4. The number of nitrogens with one attached hydrogen (secondary N) is 1. The number of hydrogen-bond acceptors (Lipinski definition) is 11. The van der Waals surface area contributed by atoms with Crippen LogP contribution < -0.4 is 10.2 Å². The van der Waals surface area contributed by atoms with E-state index in [1.54, 1.807) is 24.3 Å². The average Bonchev–Trinajstić information content (AvgIpc) is 3.28. The molecule has 0 aromatic heterocycles. The molecule has 0 bridgehead atoms. The smallest absolute Gasteiger partial charge is 0.380 e. The van der Waals surface area contributed by atoms with E-state index in [-0.39, 0.29) is 16.7 Å². The molecular formula is C49H59ClF3N5O5S3. The molecule has 4 aromatic carbocycles. The number of rotatable bonds is 17. The predicted molar refractivity (Wildman–Crippen MR) is 260 cm³/mol. The molecule has 7 rings (SSSR count). The number of carbonyl (C=O) groups excluding carboxylic acids is 1. The van der Waals surface area contributed by atoms with Gasteiger partial charge in [0.25, 0.3) is 9.84 Å². The van der Waals surface area contributed by atoms with E-state index in [0.717, 1.165) is 106 Å². The normalized spacial score (nSPS) is 18.6. The lowest BCUT2D eigenvalue weighted by molar-refractivity contribution is -0.0435. The molecule has 0 spiro atoms. The number of anilines is 2. The maximum atomic E-state index is 14.2. The highest BCUT2D eigenvalue weighted by atomic mass is 35.5. The van der Waals surface area contributed by atoms with Crippen LogP contribution in [-0.4, -0.2) is 133 Å². The molecule has 0 amide bonds. The minimum Gasteiger partial charge on any atom is -0.380 e. The number of sulfone groups is 2. The van der Waals surface area contributed by atoms with Gasteiger partial charge in [0, 0.05) is 98.4 Å². The monoisotopic (exact) mass is 985 g/mol. The summed E-state index contributed by atoms with van der Waals surface area (Å²) >= 11 is 7.67. The maximum absolute atomic E-state index is 14.2. The summed E-state index contributed by atoms with van der Waals surface area (Å²) in [6.07, 6.45) is 3.66. The van der Waals surface area contributed by atoms with Gasteiger partial charge < -0.3 is 20.0 Å². The van der Waals surface area contributed by atoms with E-state index >= 15 is 0 Å². The quantitative estimate of drug-likeness (QED) is 0.0808. The van der Waals surface area contributed by atoms with Crippen LogP contribution in [0.1, 0.15) is 55.5 Å². The number of carbonyl (C=O) groups is 1. The number of hydrogen-bond donors (Lipinski definition) is 1. The molecule has 356 valence electrons. The van der Waals surface area contributed by atoms with E-state index in [9.17, 15) is 34.8 Å². The van der Waals surface area contributed by atoms with Crippen LogP contribution in [0.25, 0.3) is 5.57 Å². The number of allylic oxidation sites excluding steroid dienone is 1. The SMILES string of the molecule is CN1CCN(CC[C@H](CSc2ccccc2)Nc2ccc(S(=O)(=O)CC(=O)c3ccc(N4CCN(CC5=C(c6ccc(Cl)cc6)CCC(C)(C)C5)CC4)cc3)cc2S(=O)(=O)C(F)(F)F)CC1. The number of Topliss-reactive ketones (excluding diaryl/α,β-unsaturated/α-hetero) is 1. The molecular weight excluding hydrogens is 927 g/mol. The molecule has 3 aliphatic rings. The van der Waals surface area contributed by atoms with E-state index in [1.807, 2.05) is 49.5 Å². The lowest BCUT2D eigenvalue weighted by Crippen LogP contribution is -2.47. The standard InChI is InChI=1S/C49H59ClF3N5O5S3/c1-48(2)21-19-44(36-9-13-39(50)14-10-36)38(32-48)33-57-27-29-58(30-28-57)41-15-11-37(12-16-41)46(59)35-65(60,61)43-17-18-45(47(31-43)66(62,63)49(51,52)53)54-40(34-64-42-7-5-4-6-8-42)20-22-56-25-23-55(3)24-26-56/h4-18,31,40,54H,19-30,32-35H2,1-3H3/t40-/m1/s1. The van der Waals surface area contributed by atoms with Crippen LogP contribution in [-0.2, 0) is 19.7 Å². The van der Waals surface area contributed by atoms with Gasteiger partial charge in [-0.05, 0) is 116 Å². The third-order valence-corrected chi connectivity index (χ3v) is 17.4. The summed E-state index contributed by atoms with van der Waals surface area (Å²) < 4.78 is 96.4. The van der Waals surface area contributed by atoms with Crippen molar-refractivity contribution >= 4 is 65.8 Å². The Kier molecular flexibility index (Phi) is 16.0. The number of nitrogens with zero attached hydrogens (tertiary/aromatic N) is 4. The van der Waals surface area contributed by atoms with Crippen LogP contribution in [0, 0.1) is 5.41 Å². The lowest BCUT2D eigenvalue weighted by Gasteiger charge is -2.39. The van der Waals surface area contributed by atoms with E-state index in [4.69, 9.17) is 11.6 Å². The molecule has 1 N–H and O–H groups in total. The summed E-state index contributed by atoms with van der Waals surface area (Å²) in [7, 11) is -8.57. The first-order chi connectivity index (χ1) is 31.3. The van der Waals surface area contributed by atoms with Crippen molar-refractivity contribution in [3.8, 4) is 0 Å². The zero-order valence-electron chi connectivity index (χ0n) is 37.7. The third kappa shape index (κ3) is 12.8. The molecule has 0 unspecified atom stereocenters. The second-order valence-corrected chi connectivity index (χ2v) is 23.9. The van der Waals surface area contributed by atoms with Crippen LogP contribution in [0.2, 0.25) is 5.02 Å². The zero-order valence-corrected chi connectivity index (χ0v) is 40.9. The molecule has 2 fully saturated rings.